The Balaban J connectivity index is 2.25. The van der Waals surface area contributed by atoms with E-state index in [1.807, 2.05) is 13.0 Å². The lowest BCUT2D eigenvalue weighted by molar-refractivity contribution is -0.179. The van der Waals surface area contributed by atoms with Crippen LogP contribution in [0.1, 0.15) is 6.92 Å². The number of para-hydroxylation sites is 1. The van der Waals surface area contributed by atoms with Crippen molar-refractivity contribution in [1.82, 2.24) is 4.65 Å². The second kappa shape index (κ2) is 4.75. The lowest BCUT2D eigenvalue weighted by Gasteiger charge is -2.37. The zero-order valence-corrected chi connectivity index (χ0v) is 9.19. The molecule has 1 aromatic rings. The number of quaternary nitrogens is 1. The molecule has 1 aromatic carbocycles. The molecule has 1 fully saturated rings. The van der Waals surface area contributed by atoms with Gasteiger partial charge in [-0.3, -0.25) is 0 Å². The van der Waals surface area contributed by atoms with Crippen LogP contribution >= 0.6 is 0 Å². The van der Waals surface area contributed by atoms with Gasteiger partial charge in [-0.2, -0.15) is 4.84 Å². The molecule has 0 atom stereocenters. The van der Waals surface area contributed by atoms with Gasteiger partial charge in [-0.15, -0.1) is 4.65 Å². The summed E-state index contributed by atoms with van der Waals surface area (Å²) < 4.78 is 6.01. The van der Waals surface area contributed by atoms with Crippen LogP contribution < -0.4 is 4.65 Å². The molecule has 0 spiro atoms. The predicted octanol–water partition coefficient (Wildman–Crippen LogP) is 1.98. The normalized spacial score (nSPS) is 20.1. The Labute approximate surface area is 90.8 Å². The molecule has 3 nitrogen and oxygen atoms in total. The van der Waals surface area contributed by atoms with Crippen LogP contribution in [0.25, 0.3) is 0 Å². The molecule has 0 bridgehead atoms. The van der Waals surface area contributed by atoms with E-state index in [1.165, 1.54) is 5.69 Å². The van der Waals surface area contributed by atoms with Gasteiger partial charge >= 0.3 is 0 Å². The summed E-state index contributed by atoms with van der Waals surface area (Å²) in [6.07, 6.45) is 0. The summed E-state index contributed by atoms with van der Waals surface area (Å²) in [4.78, 5) is 5.91. The molecule has 0 aromatic heterocycles. The van der Waals surface area contributed by atoms with Crippen molar-refractivity contribution in [3.63, 3.8) is 0 Å². The average Bonchev–Trinajstić information content (AvgIpc) is 2.32. The Hall–Kier alpha value is -0.900. The van der Waals surface area contributed by atoms with E-state index < -0.39 is 0 Å². The van der Waals surface area contributed by atoms with Crippen molar-refractivity contribution in [1.29, 1.82) is 0 Å². The van der Waals surface area contributed by atoms with Crippen LogP contribution in [0.2, 0.25) is 0 Å². The third-order valence-corrected chi connectivity index (χ3v) is 2.80. The highest BCUT2D eigenvalue weighted by Gasteiger charge is 2.34. The van der Waals surface area contributed by atoms with Crippen LogP contribution in [0.3, 0.4) is 0 Å². The number of benzene rings is 1. The Morgan fingerprint density at radius 3 is 2.47 bits per heavy atom. The third kappa shape index (κ3) is 2.20. The minimum absolute atomic E-state index is 0.608. The number of hydroxylamine groups is 2. The second-order valence-corrected chi connectivity index (χ2v) is 3.70. The van der Waals surface area contributed by atoms with E-state index in [0.717, 1.165) is 32.9 Å². The first-order valence-corrected chi connectivity index (χ1v) is 5.52. The fraction of sp³-hybridized carbons (Fsp3) is 0.500. The summed E-state index contributed by atoms with van der Waals surface area (Å²) in [7, 11) is 0. The van der Waals surface area contributed by atoms with Crippen molar-refractivity contribution in [3.8, 4) is 0 Å². The lowest BCUT2D eigenvalue weighted by atomic mass is 10.2. The lowest BCUT2D eigenvalue weighted by Crippen LogP contribution is -2.56. The van der Waals surface area contributed by atoms with Gasteiger partial charge in [0.25, 0.3) is 0 Å². The number of morpholine rings is 1. The molecule has 2 rings (SSSR count). The van der Waals surface area contributed by atoms with Gasteiger partial charge < -0.3 is 4.74 Å². The SMILES string of the molecule is CCO[N+]1(c2ccccc2)CCOCC1. The summed E-state index contributed by atoms with van der Waals surface area (Å²) in [5.74, 6) is 0. The molecule has 15 heavy (non-hydrogen) atoms. The van der Waals surface area contributed by atoms with Crippen molar-refractivity contribution in [2.75, 3.05) is 32.9 Å². The molecule has 0 aliphatic carbocycles. The van der Waals surface area contributed by atoms with Crippen LogP contribution in [0.15, 0.2) is 30.3 Å². The van der Waals surface area contributed by atoms with Crippen LogP contribution in [0, 0.1) is 0 Å². The molecule has 0 saturated carbocycles. The summed E-state index contributed by atoms with van der Waals surface area (Å²) in [6, 6.07) is 10.4. The molecule has 0 unspecified atom stereocenters. The van der Waals surface area contributed by atoms with Crippen LogP contribution in [-0.2, 0) is 9.57 Å². The van der Waals surface area contributed by atoms with E-state index in [0.29, 0.717) is 4.65 Å². The third-order valence-electron chi connectivity index (χ3n) is 2.80. The molecule has 3 heteroatoms. The number of rotatable bonds is 3. The minimum Gasteiger partial charge on any atom is -0.369 e. The van der Waals surface area contributed by atoms with E-state index in [-0.39, 0.29) is 0 Å². The van der Waals surface area contributed by atoms with Crippen molar-refractivity contribution in [2.24, 2.45) is 0 Å². The van der Waals surface area contributed by atoms with Gasteiger partial charge in [-0.1, -0.05) is 18.2 Å². The largest absolute Gasteiger partial charge is 0.369 e. The molecule has 0 radical (unpaired) electrons. The highest BCUT2D eigenvalue weighted by Crippen LogP contribution is 2.25. The summed E-state index contributed by atoms with van der Waals surface area (Å²) in [5, 5.41) is 0. The molecule has 82 valence electrons. The summed E-state index contributed by atoms with van der Waals surface area (Å²) in [6.45, 7) is 6.12. The number of hydrogen-bond acceptors (Lipinski definition) is 2. The van der Waals surface area contributed by atoms with Crippen LogP contribution in [0.4, 0.5) is 5.69 Å². The van der Waals surface area contributed by atoms with Crippen LogP contribution in [-0.4, -0.2) is 32.9 Å². The number of hydrogen-bond donors (Lipinski definition) is 0. The fourth-order valence-corrected chi connectivity index (χ4v) is 2.05. The highest BCUT2D eigenvalue weighted by atomic mass is 16.7. The maximum absolute atomic E-state index is 5.91. The van der Waals surface area contributed by atoms with Gasteiger partial charge in [0.1, 0.15) is 19.7 Å². The van der Waals surface area contributed by atoms with Gasteiger partial charge in [-0.25, -0.2) is 0 Å². The van der Waals surface area contributed by atoms with Gasteiger partial charge in [0.2, 0.25) is 0 Å². The van der Waals surface area contributed by atoms with E-state index in [4.69, 9.17) is 9.57 Å². The molecular formula is C12H18NO2+. The summed E-state index contributed by atoms with van der Waals surface area (Å²) in [5.41, 5.74) is 1.22. The maximum atomic E-state index is 5.91. The Kier molecular flexibility index (Phi) is 3.36. The zero-order chi connectivity index (χ0) is 10.6. The first-order valence-electron chi connectivity index (χ1n) is 5.52. The molecule has 1 heterocycles. The van der Waals surface area contributed by atoms with Gasteiger partial charge in [0.05, 0.1) is 13.2 Å². The molecule has 1 aliphatic rings. The Morgan fingerprint density at radius 1 is 1.20 bits per heavy atom. The van der Waals surface area contributed by atoms with Crippen molar-refractivity contribution >= 4 is 5.69 Å². The Morgan fingerprint density at radius 2 is 1.87 bits per heavy atom. The van der Waals surface area contributed by atoms with Crippen molar-refractivity contribution in [3.05, 3.63) is 30.3 Å². The van der Waals surface area contributed by atoms with Gasteiger partial charge in [0, 0.05) is 12.1 Å². The number of nitrogens with zero attached hydrogens (tertiary/aromatic N) is 1. The zero-order valence-electron chi connectivity index (χ0n) is 9.19. The first kappa shape index (κ1) is 10.6. The fourth-order valence-electron chi connectivity index (χ4n) is 2.05. The monoisotopic (exact) mass is 208 g/mol. The van der Waals surface area contributed by atoms with E-state index in [1.54, 1.807) is 0 Å². The first-order chi connectivity index (χ1) is 7.37. The standard InChI is InChI=1S/C12H18NO2/c1-2-15-13(8-10-14-11-9-13)12-6-4-3-5-7-12/h3-7H,2,8-11H2,1H3/q+1. The van der Waals surface area contributed by atoms with Crippen molar-refractivity contribution < 1.29 is 9.57 Å². The topological polar surface area (TPSA) is 18.5 Å². The minimum atomic E-state index is 0.608. The molecule has 1 saturated heterocycles. The predicted molar refractivity (Wildman–Crippen MR) is 60.4 cm³/mol. The molecular weight excluding hydrogens is 190 g/mol. The second-order valence-electron chi connectivity index (χ2n) is 3.70. The van der Waals surface area contributed by atoms with Crippen molar-refractivity contribution in [2.45, 2.75) is 6.92 Å². The van der Waals surface area contributed by atoms with E-state index in [9.17, 15) is 0 Å². The molecule has 0 amide bonds. The quantitative estimate of drug-likeness (QED) is 0.707. The van der Waals surface area contributed by atoms with Gasteiger partial charge in [0.15, 0.2) is 5.69 Å². The number of ether oxygens (including phenoxy) is 1. The molecule has 0 N–H and O–H groups in total. The summed E-state index contributed by atoms with van der Waals surface area (Å²) >= 11 is 0. The van der Waals surface area contributed by atoms with Crippen LogP contribution in [0.5, 0.6) is 0 Å². The Bertz CT molecular complexity index is 288. The average molecular weight is 208 g/mol. The van der Waals surface area contributed by atoms with E-state index >= 15 is 0 Å². The van der Waals surface area contributed by atoms with Gasteiger partial charge in [-0.05, 0) is 6.92 Å². The maximum Gasteiger partial charge on any atom is 0.165 e. The van der Waals surface area contributed by atoms with E-state index in [2.05, 4.69) is 24.3 Å². The molecule has 1 aliphatic heterocycles. The highest BCUT2D eigenvalue weighted by molar-refractivity contribution is 5.40. The smallest absolute Gasteiger partial charge is 0.165 e.